The molecule has 0 radical (unpaired) electrons. The molecule has 1 aliphatic heterocycles. The molecule has 3 N–H and O–H groups in total. The Labute approximate surface area is 249 Å². The van der Waals surface area contributed by atoms with Gasteiger partial charge in [-0.2, -0.15) is 4.39 Å². The maximum atomic E-state index is 13.9. The first-order valence-corrected chi connectivity index (χ1v) is 16.4. The lowest BCUT2D eigenvalue weighted by molar-refractivity contribution is -0.149. The summed E-state index contributed by atoms with van der Waals surface area (Å²) in [6.45, 7) is 6.18. The van der Waals surface area contributed by atoms with Gasteiger partial charge in [-0.25, -0.2) is 9.88 Å². The summed E-state index contributed by atoms with van der Waals surface area (Å²) >= 11 is 19.2. The molecule has 0 unspecified atom stereocenters. The lowest BCUT2D eigenvalue weighted by atomic mass is 10.00. The zero-order chi connectivity index (χ0) is 30.6. The minimum atomic E-state index is -3.51. The molecule has 228 valence electrons. The number of aromatic nitrogens is 2. The van der Waals surface area contributed by atoms with Crippen LogP contribution in [-0.4, -0.2) is 73.4 Å². The summed E-state index contributed by atoms with van der Waals surface area (Å²) < 4.78 is 34.7. The normalized spacial score (nSPS) is 23.1. The zero-order valence-corrected chi connectivity index (χ0v) is 26.7. The fourth-order valence-electron chi connectivity index (χ4n) is 3.16. The molecular formula is C22H33Cl2FN3O9PS2. The summed E-state index contributed by atoms with van der Waals surface area (Å²) in [7, 11) is 0. The van der Waals surface area contributed by atoms with Crippen LogP contribution in [0.5, 0.6) is 0 Å². The van der Waals surface area contributed by atoms with E-state index in [1.165, 1.54) is 6.92 Å². The molecule has 1 aromatic rings. The Morgan fingerprint density at radius 2 is 1.95 bits per heavy atom. The van der Waals surface area contributed by atoms with Gasteiger partial charge in [0.1, 0.15) is 18.2 Å². The number of carbonyl (C=O) groups is 2. The number of alkyl halides is 2. The van der Waals surface area contributed by atoms with Gasteiger partial charge in [-0.05, 0) is 32.6 Å². The number of nitrogens with zero attached hydrogens (tertiary/aromatic N) is 1. The van der Waals surface area contributed by atoms with Crippen molar-refractivity contribution in [2.24, 2.45) is 5.41 Å². The van der Waals surface area contributed by atoms with Gasteiger partial charge >= 0.3 is 11.7 Å². The SMILES string of the molecule is CC(C)OC(=O)[C@H](C)N[P@](=S)(OCCSC(=O)C(C)(C)C)OC[C@H]1O[C@@H](n2cc(F)c(=O)[nH]c2=O)C(Cl)(Cl)[C@@H]1O. The van der Waals surface area contributed by atoms with Crippen molar-refractivity contribution in [2.45, 2.75) is 76.5 Å². The predicted octanol–water partition coefficient (Wildman–Crippen LogP) is 2.60. The fraction of sp³-hybridized carbons (Fsp3) is 0.727. The van der Waals surface area contributed by atoms with Crippen LogP contribution >= 0.6 is 41.6 Å². The number of hydrogen-bond donors (Lipinski definition) is 3. The number of aromatic amines is 1. The molecule has 0 aliphatic carbocycles. The van der Waals surface area contributed by atoms with Crippen LogP contribution in [-0.2, 0) is 39.9 Å². The second-order valence-corrected chi connectivity index (χ2v) is 15.9. The third-order valence-corrected chi connectivity index (χ3v) is 9.94. The Morgan fingerprint density at radius 1 is 1.32 bits per heavy atom. The monoisotopic (exact) mass is 667 g/mol. The van der Waals surface area contributed by atoms with Crippen molar-refractivity contribution in [3.05, 3.63) is 32.9 Å². The van der Waals surface area contributed by atoms with Gasteiger partial charge in [0.05, 0.1) is 25.5 Å². The number of rotatable bonds is 12. The fourth-order valence-corrected chi connectivity index (χ4v) is 7.02. The topological polar surface area (TPSA) is 158 Å². The smallest absolute Gasteiger partial charge is 0.330 e. The molecular weight excluding hydrogens is 635 g/mol. The van der Waals surface area contributed by atoms with E-state index in [-0.39, 0.29) is 17.5 Å². The second kappa shape index (κ2) is 14.1. The number of hydrogen-bond acceptors (Lipinski definition) is 11. The van der Waals surface area contributed by atoms with Gasteiger partial charge in [0, 0.05) is 11.2 Å². The van der Waals surface area contributed by atoms with Crippen LogP contribution in [0.4, 0.5) is 4.39 Å². The van der Waals surface area contributed by atoms with Crippen molar-refractivity contribution in [3.63, 3.8) is 0 Å². The van der Waals surface area contributed by atoms with E-state index in [9.17, 15) is 28.7 Å². The third-order valence-electron chi connectivity index (χ3n) is 5.21. The molecule has 0 spiro atoms. The highest BCUT2D eigenvalue weighted by Crippen LogP contribution is 2.49. The highest BCUT2D eigenvalue weighted by atomic mass is 35.5. The minimum Gasteiger partial charge on any atom is -0.462 e. The van der Waals surface area contributed by atoms with E-state index < -0.39 is 76.6 Å². The van der Waals surface area contributed by atoms with Crippen molar-refractivity contribution in [1.29, 1.82) is 0 Å². The van der Waals surface area contributed by atoms with Crippen molar-refractivity contribution in [1.82, 2.24) is 14.6 Å². The standard InChI is InChI=1S/C22H33Cl2FN3O9PS2/c1-11(2)36-17(31)12(3)27-38(39,34-7-8-40-19(32)21(4,5)6)35-10-14-15(29)22(23,24)18(37-14)28-9-13(25)16(30)26-20(28)33/h9,11-12,14-15,18,29H,7-8,10H2,1-6H3,(H,27,39)(H,26,30,33)/t12-,14+,15+,18+,38-/m0/s1. The Morgan fingerprint density at radius 3 is 2.52 bits per heavy atom. The highest BCUT2D eigenvalue weighted by Gasteiger charge is 2.56. The van der Waals surface area contributed by atoms with Crippen molar-refractivity contribution < 1.29 is 37.6 Å². The van der Waals surface area contributed by atoms with Crippen molar-refractivity contribution in [2.75, 3.05) is 19.0 Å². The molecule has 1 aliphatic rings. The number of carbonyl (C=O) groups excluding carboxylic acids is 2. The zero-order valence-electron chi connectivity index (χ0n) is 22.6. The lowest BCUT2D eigenvalue weighted by Crippen LogP contribution is -2.42. The molecule has 0 saturated carbocycles. The average molecular weight is 669 g/mol. The van der Waals surface area contributed by atoms with Gasteiger partial charge in [0.25, 0.3) is 12.2 Å². The summed E-state index contributed by atoms with van der Waals surface area (Å²) in [6.07, 6.45) is -4.44. The molecule has 12 nitrogen and oxygen atoms in total. The average Bonchev–Trinajstić information content (AvgIpc) is 3.05. The van der Waals surface area contributed by atoms with Gasteiger partial charge in [0.15, 0.2) is 15.7 Å². The minimum absolute atomic E-state index is 0.0274. The summed E-state index contributed by atoms with van der Waals surface area (Å²) in [5.74, 6) is -1.69. The number of aliphatic hydroxyl groups excluding tert-OH is 1. The lowest BCUT2D eigenvalue weighted by Gasteiger charge is -2.28. The van der Waals surface area contributed by atoms with E-state index in [2.05, 4.69) is 5.09 Å². The third kappa shape index (κ3) is 9.32. The first kappa shape index (κ1) is 35.3. The molecule has 0 amide bonds. The molecule has 0 aromatic carbocycles. The molecule has 0 bridgehead atoms. The van der Waals surface area contributed by atoms with Crippen LogP contribution in [0.1, 0.15) is 47.8 Å². The maximum absolute atomic E-state index is 13.9. The maximum Gasteiger partial charge on any atom is 0.330 e. The van der Waals surface area contributed by atoms with E-state index in [1.54, 1.807) is 39.6 Å². The number of nitrogens with one attached hydrogen (secondary N) is 2. The van der Waals surface area contributed by atoms with Crippen LogP contribution in [0, 0.1) is 11.2 Å². The predicted molar refractivity (Wildman–Crippen MR) is 153 cm³/mol. The molecule has 2 rings (SSSR count). The van der Waals surface area contributed by atoms with Crippen LogP contribution in [0.15, 0.2) is 15.8 Å². The summed E-state index contributed by atoms with van der Waals surface area (Å²) in [4.78, 5) is 50.0. The van der Waals surface area contributed by atoms with Crippen LogP contribution in [0.3, 0.4) is 0 Å². The summed E-state index contributed by atoms with van der Waals surface area (Å²) in [5, 5.41) is 13.5. The summed E-state index contributed by atoms with van der Waals surface area (Å²) in [6, 6.07) is -0.956. The molecule has 1 fully saturated rings. The number of thioether (sulfide) groups is 1. The number of halogens is 3. The summed E-state index contributed by atoms with van der Waals surface area (Å²) in [5.41, 5.74) is -2.90. The Balaban J connectivity index is 2.19. The van der Waals surface area contributed by atoms with Gasteiger partial charge in [0.2, 0.25) is 5.82 Å². The molecule has 40 heavy (non-hydrogen) atoms. The molecule has 2 heterocycles. The first-order chi connectivity index (χ1) is 18.3. The van der Waals surface area contributed by atoms with Crippen LogP contribution in [0.2, 0.25) is 0 Å². The number of H-pyrrole nitrogens is 1. The number of aliphatic hydroxyl groups is 1. The molecule has 5 atom stereocenters. The van der Waals surface area contributed by atoms with E-state index in [1.807, 2.05) is 0 Å². The molecule has 1 saturated heterocycles. The van der Waals surface area contributed by atoms with E-state index in [0.29, 0.717) is 10.8 Å². The Hall–Kier alpha value is -0.870. The van der Waals surface area contributed by atoms with E-state index >= 15 is 0 Å². The first-order valence-electron chi connectivity index (χ1n) is 12.1. The Bertz CT molecular complexity index is 1240. The molecule has 1 aromatic heterocycles. The van der Waals surface area contributed by atoms with Gasteiger partial charge in [-0.3, -0.25) is 23.9 Å². The Kier molecular flexibility index (Phi) is 12.4. The second-order valence-electron chi connectivity index (χ2n) is 10.1. The van der Waals surface area contributed by atoms with Crippen LogP contribution in [0.25, 0.3) is 0 Å². The van der Waals surface area contributed by atoms with E-state index in [0.717, 1.165) is 11.8 Å². The van der Waals surface area contributed by atoms with Crippen molar-refractivity contribution >= 4 is 64.5 Å². The number of esters is 1. The van der Waals surface area contributed by atoms with Gasteiger partial charge in [-0.1, -0.05) is 55.7 Å². The largest absolute Gasteiger partial charge is 0.462 e. The van der Waals surface area contributed by atoms with Gasteiger partial charge in [-0.15, -0.1) is 0 Å². The highest BCUT2D eigenvalue weighted by molar-refractivity contribution is 8.13. The van der Waals surface area contributed by atoms with Crippen molar-refractivity contribution in [3.8, 4) is 0 Å². The quantitative estimate of drug-likeness (QED) is 0.130. The number of ether oxygens (including phenoxy) is 2. The van der Waals surface area contributed by atoms with Crippen LogP contribution < -0.4 is 16.3 Å². The van der Waals surface area contributed by atoms with E-state index in [4.69, 9.17) is 53.5 Å². The molecule has 18 heteroatoms. The van der Waals surface area contributed by atoms with Gasteiger partial charge < -0.3 is 23.6 Å².